The minimum absolute atomic E-state index is 0.0343. The molecule has 116 valence electrons. The van der Waals surface area contributed by atoms with E-state index >= 15 is 0 Å². The number of aliphatic hydroxyl groups excluding tert-OH is 1. The predicted octanol–water partition coefficient (Wildman–Crippen LogP) is 3.68. The largest absolute Gasteiger partial charge is 0.488 e. The van der Waals surface area contributed by atoms with E-state index < -0.39 is 0 Å². The zero-order valence-electron chi connectivity index (χ0n) is 12.5. The minimum Gasteiger partial charge on any atom is -0.488 e. The number of nitrogens with one attached hydrogen (secondary N) is 1. The first-order valence-corrected chi connectivity index (χ1v) is 9.26. The van der Waals surface area contributed by atoms with Crippen molar-refractivity contribution in [3.05, 3.63) is 24.3 Å². The number of benzene rings is 1. The molecule has 1 saturated carbocycles. The molecule has 2 N–H and O–H groups in total. The third kappa shape index (κ3) is 4.30. The van der Waals surface area contributed by atoms with Crippen LogP contribution in [0.3, 0.4) is 0 Å². The van der Waals surface area contributed by atoms with Gasteiger partial charge in [-0.1, -0.05) is 6.42 Å². The average molecular weight is 307 g/mol. The molecule has 1 aliphatic heterocycles. The van der Waals surface area contributed by atoms with E-state index in [-0.39, 0.29) is 12.2 Å². The van der Waals surface area contributed by atoms with Gasteiger partial charge in [-0.2, -0.15) is 11.8 Å². The van der Waals surface area contributed by atoms with E-state index in [2.05, 4.69) is 17.4 Å². The van der Waals surface area contributed by atoms with Gasteiger partial charge in [0.15, 0.2) is 0 Å². The number of ether oxygens (including phenoxy) is 1. The fourth-order valence-electron chi connectivity index (χ4n) is 3.10. The maximum Gasteiger partial charge on any atom is 0.124 e. The first kappa shape index (κ1) is 15.0. The molecular formula is C17H25NO2S. The van der Waals surface area contributed by atoms with Gasteiger partial charge in [0.2, 0.25) is 0 Å². The molecule has 2 unspecified atom stereocenters. The quantitative estimate of drug-likeness (QED) is 0.890. The van der Waals surface area contributed by atoms with Crippen LogP contribution in [0.5, 0.6) is 5.75 Å². The highest BCUT2D eigenvalue weighted by Gasteiger charge is 2.24. The monoisotopic (exact) mass is 307 g/mol. The number of rotatable bonds is 4. The summed E-state index contributed by atoms with van der Waals surface area (Å²) in [6.45, 7) is 0. The molecule has 0 amide bonds. The Bertz CT molecular complexity index is 431. The van der Waals surface area contributed by atoms with Crippen molar-refractivity contribution in [3.8, 4) is 5.75 Å². The Morgan fingerprint density at radius 1 is 1.00 bits per heavy atom. The molecule has 2 atom stereocenters. The smallest absolute Gasteiger partial charge is 0.124 e. The zero-order chi connectivity index (χ0) is 14.5. The van der Waals surface area contributed by atoms with Crippen LogP contribution in [0.15, 0.2) is 24.3 Å². The molecule has 0 radical (unpaired) electrons. The maximum absolute atomic E-state index is 9.96. The summed E-state index contributed by atoms with van der Waals surface area (Å²) in [5.41, 5.74) is 1.17. The molecule has 2 fully saturated rings. The van der Waals surface area contributed by atoms with Crippen LogP contribution >= 0.6 is 11.8 Å². The molecule has 0 spiro atoms. The predicted molar refractivity (Wildman–Crippen MR) is 89.3 cm³/mol. The van der Waals surface area contributed by atoms with Gasteiger partial charge in [-0.25, -0.2) is 0 Å². The molecule has 1 heterocycles. The number of aliphatic hydroxyl groups is 1. The molecule has 3 nitrogen and oxygen atoms in total. The van der Waals surface area contributed by atoms with Gasteiger partial charge in [-0.15, -0.1) is 0 Å². The van der Waals surface area contributed by atoms with Crippen molar-refractivity contribution in [2.75, 3.05) is 16.8 Å². The Labute approximate surface area is 131 Å². The number of thioether (sulfide) groups is 1. The van der Waals surface area contributed by atoms with Crippen molar-refractivity contribution in [2.24, 2.45) is 0 Å². The van der Waals surface area contributed by atoms with E-state index in [1.54, 1.807) is 0 Å². The van der Waals surface area contributed by atoms with Crippen molar-refractivity contribution in [3.63, 3.8) is 0 Å². The molecule has 1 aromatic rings. The summed E-state index contributed by atoms with van der Waals surface area (Å²) in [6, 6.07) is 8.82. The first-order valence-electron chi connectivity index (χ1n) is 8.10. The lowest BCUT2D eigenvalue weighted by Gasteiger charge is -2.28. The highest BCUT2D eigenvalue weighted by molar-refractivity contribution is 7.99. The van der Waals surface area contributed by atoms with Gasteiger partial charge in [0, 0.05) is 11.7 Å². The van der Waals surface area contributed by atoms with E-state index in [1.165, 1.54) is 30.0 Å². The molecule has 2 aliphatic rings. The Morgan fingerprint density at radius 2 is 1.71 bits per heavy atom. The van der Waals surface area contributed by atoms with Crippen molar-refractivity contribution < 1.29 is 9.84 Å². The summed E-state index contributed by atoms with van der Waals surface area (Å²) in [7, 11) is 0. The molecule has 1 aliphatic carbocycles. The van der Waals surface area contributed by atoms with Crippen molar-refractivity contribution in [1.82, 2.24) is 0 Å². The Kier molecular flexibility index (Phi) is 5.31. The van der Waals surface area contributed by atoms with Gasteiger partial charge in [0.1, 0.15) is 11.9 Å². The van der Waals surface area contributed by atoms with Crippen LogP contribution in [0.1, 0.15) is 38.5 Å². The zero-order valence-corrected chi connectivity index (χ0v) is 13.3. The van der Waals surface area contributed by atoms with Gasteiger partial charge in [0.05, 0.1) is 6.10 Å². The minimum atomic E-state index is -0.309. The van der Waals surface area contributed by atoms with E-state index in [0.717, 1.165) is 31.4 Å². The maximum atomic E-state index is 9.96. The molecule has 0 bridgehead atoms. The Morgan fingerprint density at radius 3 is 2.43 bits per heavy atom. The van der Waals surface area contributed by atoms with E-state index in [0.29, 0.717) is 6.04 Å². The van der Waals surface area contributed by atoms with E-state index in [1.807, 2.05) is 23.9 Å². The van der Waals surface area contributed by atoms with Crippen LogP contribution in [0.25, 0.3) is 0 Å². The average Bonchev–Trinajstić information content (AvgIpc) is 2.52. The first-order chi connectivity index (χ1) is 10.3. The summed E-state index contributed by atoms with van der Waals surface area (Å²) >= 11 is 2.05. The SMILES string of the molecule is OC1CCCCC1Oc1ccc(NC2CCSCC2)cc1. The summed E-state index contributed by atoms with van der Waals surface area (Å²) in [4.78, 5) is 0. The van der Waals surface area contributed by atoms with E-state index in [4.69, 9.17) is 4.74 Å². The summed E-state index contributed by atoms with van der Waals surface area (Å²) in [5.74, 6) is 3.39. The second kappa shape index (κ2) is 7.41. The third-order valence-corrected chi connectivity index (χ3v) is 5.45. The van der Waals surface area contributed by atoms with Crippen molar-refractivity contribution in [1.29, 1.82) is 0 Å². The van der Waals surface area contributed by atoms with Crippen molar-refractivity contribution >= 4 is 17.4 Å². The number of hydrogen-bond donors (Lipinski definition) is 2. The lowest BCUT2D eigenvalue weighted by atomic mass is 9.95. The van der Waals surface area contributed by atoms with Gasteiger partial charge in [0.25, 0.3) is 0 Å². The Hall–Kier alpha value is -0.870. The molecular weight excluding hydrogens is 282 g/mol. The summed E-state index contributed by atoms with van der Waals surface area (Å²) in [6.07, 6.45) is 6.24. The molecule has 1 saturated heterocycles. The lowest BCUT2D eigenvalue weighted by Crippen LogP contribution is -2.34. The second-order valence-corrected chi connectivity index (χ2v) is 7.29. The highest BCUT2D eigenvalue weighted by atomic mass is 32.2. The molecule has 4 heteroatoms. The normalized spacial score (nSPS) is 27.3. The molecule has 21 heavy (non-hydrogen) atoms. The fraction of sp³-hybridized carbons (Fsp3) is 0.647. The number of anilines is 1. The topological polar surface area (TPSA) is 41.5 Å². The van der Waals surface area contributed by atoms with Crippen LogP contribution in [-0.2, 0) is 0 Å². The molecule has 3 rings (SSSR count). The fourth-order valence-corrected chi connectivity index (χ4v) is 4.20. The number of hydrogen-bond acceptors (Lipinski definition) is 4. The van der Waals surface area contributed by atoms with Gasteiger partial charge < -0.3 is 15.2 Å². The molecule has 1 aromatic carbocycles. The van der Waals surface area contributed by atoms with Crippen molar-refractivity contribution in [2.45, 2.75) is 56.8 Å². The second-order valence-electron chi connectivity index (χ2n) is 6.06. The van der Waals surface area contributed by atoms with Crippen LogP contribution in [0.4, 0.5) is 5.69 Å². The Balaban J connectivity index is 1.53. The summed E-state index contributed by atoms with van der Waals surface area (Å²) < 4.78 is 5.93. The van der Waals surface area contributed by atoms with Crippen LogP contribution in [0.2, 0.25) is 0 Å². The third-order valence-electron chi connectivity index (χ3n) is 4.40. The van der Waals surface area contributed by atoms with E-state index in [9.17, 15) is 5.11 Å². The molecule has 0 aromatic heterocycles. The van der Waals surface area contributed by atoms with Crippen LogP contribution in [0, 0.1) is 0 Å². The lowest BCUT2D eigenvalue weighted by molar-refractivity contribution is 0.00688. The van der Waals surface area contributed by atoms with Gasteiger partial charge in [-0.05, 0) is 67.9 Å². The van der Waals surface area contributed by atoms with Gasteiger partial charge in [-0.3, -0.25) is 0 Å². The van der Waals surface area contributed by atoms with Crippen LogP contribution in [-0.4, -0.2) is 34.9 Å². The standard InChI is InChI=1S/C17H25NO2S/c19-16-3-1-2-4-17(16)20-15-7-5-13(6-8-15)18-14-9-11-21-12-10-14/h5-8,14,16-19H,1-4,9-12H2. The highest BCUT2D eigenvalue weighted by Crippen LogP contribution is 2.26. The van der Waals surface area contributed by atoms with Gasteiger partial charge >= 0.3 is 0 Å². The van der Waals surface area contributed by atoms with Crippen LogP contribution < -0.4 is 10.1 Å². The summed E-state index contributed by atoms with van der Waals surface area (Å²) in [5, 5.41) is 13.6.